The number of amides is 3. The number of carbonyl (C=O) groups is 2. The number of aryl methyl sites for hydroxylation is 1. The summed E-state index contributed by atoms with van der Waals surface area (Å²) in [7, 11) is 0. The van der Waals surface area contributed by atoms with Crippen LogP contribution in [0.5, 0.6) is 0 Å². The molecule has 1 heterocycles. The molecule has 0 aliphatic carbocycles. The Morgan fingerprint density at radius 2 is 1.96 bits per heavy atom. The van der Waals surface area contributed by atoms with Crippen molar-refractivity contribution in [2.24, 2.45) is 0 Å². The van der Waals surface area contributed by atoms with Gasteiger partial charge in [-0.15, -0.1) is 0 Å². The first kappa shape index (κ1) is 20.5. The largest absolute Gasteiger partial charge is 0.446 e. The van der Waals surface area contributed by atoms with Crippen LogP contribution in [0.1, 0.15) is 54.2 Å². The van der Waals surface area contributed by atoms with E-state index in [4.69, 9.17) is 4.42 Å². The van der Waals surface area contributed by atoms with E-state index in [-0.39, 0.29) is 24.2 Å². The van der Waals surface area contributed by atoms with Gasteiger partial charge in [0.1, 0.15) is 6.26 Å². The summed E-state index contributed by atoms with van der Waals surface area (Å²) in [6.07, 6.45) is 2.97. The van der Waals surface area contributed by atoms with Crippen LogP contribution >= 0.6 is 0 Å². The molecule has 0 fully saturated rings. The summed E-state index contributed by atoms with van der Waals surface area (Å²) >= 11 is 0. The molecule has 7 nitrogen and oxygen atoms in total. The number of nitrogens with zero attached hydrogens (tertiary/aromatic N) is 2. The first-order valence-corrected chi connectivity index (χ1v) is 9.31. The minimum atomic E-state index is -0.270. The Labute approximate surface area is 160 Å². The molecule has 0 spiro atoms. The zero-order valence-corrected chi connectivity index (χ0v) is 16.5. The van der Waals surface area contributed by atoms with Crippen molar-refractivity contribution >= 4 is 17.6 Å². The Kier molecular flexibility index (Phi) is 7.40. The number of carbonyl (C=O) groups excluding carboxylic acids is 2. The summed E-state index contributed by atoms with van der Waals surface area (Å²) in [5.74, 6) is 0.0648. The van der Waals surface area contributed by atoms with Crippen molar-refractivity contribution in [2.45, 2.75) is 47.1 Å². The topological polar surface area (TPSA) is 87.5 Å². The summed E-state index contributed by atoms with van der Waals surface area (Å²) in [6, 6.07) is 5.58. The van der Waals surface area contributed by atoms with Gasteiger partial charge in [-0.3, -0.25) is 4.79 Å². The molecule has 7 heteroatoms. The monoisotopic (exact) mass is 372 g/mol. The minimum absolute atomic E-state index is 0.200. The Morgan fingerprint density at radius 1 is 1.19 bits per heavy atom. The van der Waals surface area contributed by atoms with E-state index in [1.165, 1.54) is 6.26 Å². The molecule has 0 unspecified atom stereocenters. The second-order valence-electron chi connectivity index (χ2n) is 6.48. The first-order chi connectivity index (χ1) is 13.0. The molecule has 0 aliphatic heterocycles. The zero-order chi connectivity index (χ0) is 19.8. The molecule has 0 radical (unpaired) electrons. The summed E-state index contributed by atoms with van der Waals surface area (Å²) < 4.78 is 5.39. The van der Waals surface area contributed by atoms with Crippen molar-refractivity contribution in [1.82, 2.24) is 15.2 Å². The van der Waals surface area contributed by atoms with Crippen LogP contribution in [0.4, 0.5) is 10.5 Å². The Balaban J connectivity index is 2.06. The van der Waals surface area contributed by atoms with Crippen LogP contribution < -0.4 is 10.6 Å². The summed E-state index contributed by atoms with van der Waals surface area (Å²) in [4.78, 5) is 30.5. The summed E-state index contributed by atoms with van der Waals surface area (Å²) in [6.45, 7) is 9.30. The molecule has 0 saturated carbocycles. The normalized spacial score (nSPS) is 10.5. The molecule has 27 heavy (non-hydrogen) atoms. The quantitative estimate of drug-likeness (QED) is 0.736. The van der Waals surface area contributed by atoms with E-state index in [1.807, 2.05) is 45.9 Å². The zero-order valence-electron chi connectivity index (χ0n) is 16.5. The van der Waals surface area contributed by atoms with Crippen LogP contribution in [0.15, 0.2) is 28.9 Å². The average molecular weight is 372 g/mol. The number of hydrogen-bond acceptors (Lipinski definition) is 4. The van der Waals surface area contributed by atoms with Gasteiger partial charge < -0.3 is 20.0 Å². The van der Waals surface area contributed by atoms with Gasteiger partial charge in [-0.1, -0.05) is 26.0 Å². The Hall–Kier alpha value is -2.83. The number of hydrogen-bond donors (Lipinski definition) is 2. The highest BCUT2D eigenvalue weighted by Gasteiger charge is 2.19. The number of anilines is 1. The molecule has 0 atom stereocenters. The van der Waals surface area contributed by atoms with Crippen molar-refractivity contribution < 1.29 is 14.0 Å². The molecule has 2 rings (SSSR count). The van der Waals surface area contributed by atoms with Gasteiger partial charge in [-0.2, -0.15) is 0 Å². The maximum Gasteiger partial charge on any atom is 0.322 e. The van der Waals surface area contributed by atoms with Crippen LogP contribution in [0.3, 0.4) is 0 Å². The third kappa shape index (κ3) is 5.57. The molecule has 146 valence electrons. The third-order valence-electron chi connectivity index (χ3n) is 4.27. The highest BCUT2D eigenvalue weighted by Crippen LogP contribution is 2.19. The molecule has 1 aromatic heterocycles. The molecule has 1 aromatic carbocycles. The second kappa shape index (κ2) is 9.75. The first-order valence-electron chi connectivity index (χ1n) is 9.31. The number of oxazole rings is 1. The van der Waals surface area contributed by atoms with E-state index in [9.17, 15) is 9.59 Å². The lowest BCUT2D eigenvalue weighted by atomic mass is 10.1. The summed E-state index contributed by atoms with van der Waals surface area (Å²) in [5.41, 5.74) is 3.16. The van der Waals surface area contributed by atoms with Gasteiger partial charge in [0, 0.05) is 18.8 Å². The van der Waals surface area contributed by atoms with E-state index in [0.29, 0.717) is 19.0 Å². The molecular formula is C20H28N4O3. The van der Waals surface area contributed by atoms with Gasteiger partial charge in [-0.25, -0.2) is 9.78 Å². The van der Waals surface area contributed by atoms with Crippen LogP contribution in [-0.4, -0.2) is 34.9 Å². The predicted molar refractivity (Wildman–Crippen MR) is 105 cm³/mol. The van der Waals surface area contributed by atoms with Gasteiger partial charge in [0.15, 0.2) is 5.69 Å². The molecule has 3 amide bonds. The van der Waals surface area contributed by atoms with E-state index < -0.39 is 0 Å². The SMILES string of the molecule is CCCNC(=O)c1coc(CN(CCC)C(=O)Nc2cccc(C)c2C)n1. The van der Waals surface area contributed by atoms with Crippen LogP contribution in [0.25, 0.3) is 0 Å². The fraction of sp³-hybridized carbons (Fsp3) is 0.450. The lowest BCUT2D eigenvalue weighted by molar-refractivity contribution is 0.0948. The van der Waals surface area contributed by atoms with Gasteiger partial charge >= 0.3 is 6.03 Å². The third-order valence-corrected chi connectivity index (χ3v) is 4.27. The van der Waals surface area contributed by atoms with Crippen LogP contribution in [0.2, 0.25) is 0 Å². The molecule has 0 aliphatic rings. The minimum Gasteiger partial charge on any atom is -0.446 e. The van der Waals surface area contributed by atoms with Gasteiger partial charge in [0.25, 0.3) is 5.91 Å². The maximum absolute atomic E-state index is 12.7. The van der Waals surface area contributed by atoms with E-state index >= 15 is 0 Å². The van der Waals surface area contributed by atoms with Crippen molar-refractivity contribution in [2.75, 3.05) is 18.4 Å². The molecular weight excluding hydrogens is 344 g/mol. The molecule has 0 saturated heterocycles. The Bertz CT molecular complexity index is 785. The highest BCUT2D eigenvalue weighted by molar-refractivity contribution is 5.92. The molecule has 0 bridgehead atoms. The van der Waals surface area contributed by atoms with E-state index in [0.717, 1.165) is 29.7 Å². The fourth-order valence-electron chi connectivity index (χ4n) is 2.58. The smallest absolute Gasteiger partial charge is 0.322 e. The highest BCUT2D eigenvalue weighted by atomic mass is 16.3. The van der Waals surface area contributed by atoms with Crippen molar-refractivity contribution in [3.05, 3.63) is 47.2 Å². The lowest BCUT2D eigenvalue weighted by Crippen LogP contribution is -2.35. The van der Waals surface area contributed by atoms with Crippen molar-refractivity contribution in [1.29, 1.82) is 0 Å². The van der Waals surface area contributed by atoms with Crippen LogP contribution in [0, 0.1) is 13.8 Å². The number of urea groups is 1. The van der Waals surface area contributed by atoms with Crippen molar-refractivity contribution in [3.63, 3.8) is 0 Å². The number of nitrogens with one attached hydrogen (secondary N) is 2. The number of rotatable bonds is 8. The number of aromatic nitrogens is 1. The van der Waals surface area contributed by atoms with Gasteiger partial charge in [0.2, 0.25) is 5.89 Å². The predicted octanol–water partition coefficient (Wildman–Crippen LogP) is 3.88. The number of benzene rings is 1. The van der Waals surface area contributed by atoms with Gasteiger partial charge in [-0.05, 0) is 43.9 Å². The fourth-order valence-corrected chi connectivity index (χ4v) is 2.58. The van der Waals surface area contributed by atoms with Crippen molar-refractivity contribution in [3.8, 4) is 0 Å². The standard InChI is InChI=1S/C20H28N4O3/c1-5-10-21-19(25)17-13-27-18(22-17)12-24(11-6-2)20(26)23-16-9-7-8-14(3)15(16)4/h7-9,13H,5-6,10-12H2,1-4H3,(H,21,25)(H,23,26). The van der Waals surface area contributed by atoms with Crippen LogP contribution in [-0.2, 0) is 6.54 Å². The average Bonchev–Trinajstić information content (AvgIpc) is 3.12. The maximum atomic E-state index is 12.7. The second-order valence-corrected chi connectivity index (χ2v) is 6.48. The molecule has 2 aromatic rings. The Morgan fingerprint density at radius 3 is 2.67 bits per heavy atom. The lowest BCUT2D eigenvalue weighted by Gasteiger charge is -2.22. The van der Waals surface area contributed by atoms with E-state index in [1.54, 1.807) is 4.90 Å². The van der Waals surface area contributed by atoms with E-state index in [2.05, 4.69) is 15.6 Å². The molecule has 2 N–H and O–H groups in total. The summed E-state index contributed by atoms with van der Waals surface area (Å²) in [5, 5.41) is 5.70. The van der Waals surface area contributed by atoms with Gasteiger partial charge in [0.05, 0.1) is 6.54 Å².